The molecule has 6 rings (SSSR count). The third-order valence-corrected chi connectivity index (χ3v) is 8.21. The Morgan fingerprint density at radius 1 is 0.969 bits per heavy atom. The van der Waals surface area contributed by atoms with Crippen molar-refractivity contribution < 1.29 is 4.79 Å². The maximum atomic E-state index is 13.0. The monoisotopic (exact) mass is 422 g/mol. The number of hydrogen-bond acceptors (Lipinski definition) is 2. The summed E-state index contributed by atoms with van der Waals surface area (Å²) in [6.45, 7) is 2.65. The van der Waals surface area contributed by atoms with Gasteiger partial charge in [-0.1, -0.05) is 54.6 Å². The Kier molecular flexibility index (Phi) is 4.78. The van der Waals surface area contributed by atoms with Gasteiger partial charge in [0.2, 0.25) is 0 Å². The second-order valence-electron chi connectivity index (χ2n) is 9.88. The molecule has 0 saturated heterocycles. The number of amides is 1. The van der Waals surface area contributed by atoms with Crippen LogP contribution >= 0.6 is 0 Å². The molecule has 5 atom stereocenters. The Labute approximate surface area is 190 Å². The summed E-state index contributed by atoms with van der Waals surface area (Å²) >= 11 is 0. The molecule has 3 aromatic carbocycles. The van der Waals surface area contributed by atoms with Gasteiger partial charge in [-0.2, -0.15) is 0 Å². The lowest BCUT2D eigenvalue weighted by atomic mass is 9.68. The maximum Gasteiger partial charge on any atom is 0.251 e. The summed E-state index contributed by atoms with van der Waals surface area (Å²) in [5.41, 5.74) is 7.11. The van der Waals surface area contributed by atoms with Crippen LogP contribution in [0.3, 0.4) is 0 Å². The fourth-order valence-corrected chi connectivity index (χ4v) is 6.70. The molecule has 3 aliphatic rings. The van der Waals surface area contributed by atoms with Crippen molar-refractivity contribution in [1.82, 2.24) is 5.32 Å². The molecule has 2 saturated carbocycles. The van der Waals surface area contributed by atoms with Gasteiger partial charge in [0.25, 0.3) is 5.91 Å². The fraction of sp³-hybridized carbons (Fsp3) is 0.345. The van der Waals surface area contributed by atoms with E-state index in [1.54, 1.807) is 0 Å². The van der Waals surface area contributed by atoms with E-state index in [9.17, 15) is 4.79 Å². The third kappa shape index (κ3) is 3.23. The third-order valence-electron chi connectivity index (χ3n) is 8.21. The number of carbonyl (C=O) groups excluding carboxylic acids is 1. The van der Waals surface area contributed by atoms with Crippen LogP contribution in [0.1, 0.15) is 63.8 Å². The minimum absolute atomic E-state index is 0.0148. The highest BCUT2D eigenvalue weighted by Gasteiger charge is 2.53. The van der Waals surface area contributed by atoms with E-state index in [4.69, 9.17) is 0 Å². The summed E-state index contributed by atoms with van der Waals surface area (Å²) in [4.78, 5) is 13.0. The van der Waals surface area contributed by atoms with E-state index < -0.39 is 0 Å². The number of rotatable bonds is 4. The maximum absolute atomic E-state index is 13.0. The quantitative estimate of drug-likeness (QED) is 0.524. The standard InChI is InChI=1S/C29H30N2O/c1-18-7-5-6-10-23(18)17-30-29(32)22-13-14-25-24(16-22)26-20-11-12-21(15-20)27(26)28(31-25)19-8-3-2-4-9-19/h2-10,13-14,16,20-21,26-28,31H,11-12,15,17H2,1H3,(H,30,32)/t20-,21-,26-,27-,28+/m0/s1. The van der Waals surface area contributed by atoms with Crippen molar-refractivity contribution in [2.45, 2.75) is 44.7 Å². The second-order valence-corrected chi connectivity index (χ2v) is 9.88. The minimum Gasteiger partial charge on any atom is -0.378 e. The van der Waals surface area contributed by atoms with Crippen LogP contribution < -0.4 is 10.6 Å². The van der Waals surface area contributed by atoms with Crippen molar-refractivity contribution >= 4 is 11.6 Å². The highest BCUT2D eigenvalue weighted by Crippen LogP contribution is 2.63. The summed E-state index contributed by atoms with van der Waals surface area (Å²) in [5, 5.41) is 7.00. The van der Waals surface area contributed by atoms with Crippen molar-refractivity contribution in [3.05, 3.63) is 101 Å². The highest BCUT2D eigenvalue weighted by atomic mass is 16.1. The first kappa shape index (κ1) is 19.6. The van der Waals surface area contributed by atoms with E-state index in [0.29, 0.717) is 24.4 Å². The predicted molar refractivity (Wildman–Crippen MR) is 129 cm³/mol. The van der Waals surface area contributed by atoms with Gasteiger partial charge in [-0.3, -0.25) is 4.79 Å². The van der Waals surface area contributed by atoms with Crippen molar-refractivity contribution in [1.29, 1.82) is 0 Å². The fourth-order valence-electron chi connectivity index (χ4n) is 6.70. The molecule has 1 heterocycles. The van der Waals surface area contributed by atoms with Gasteiger partial charge in [-0.25, -0.2) is 0 Å². The first-order valence-electron chi connectivity index (χ1n) is 12.0. The summed E-state index contributed by atoms with van der Waals surface area (Å²) < 4.78 is 0. The molecule has 162 valence electrons. The van der Waals surface area contributed by atoms with Crippen LogP contribution in [0, 0.1) is 24.7 Å². The van der Waals surface area contributed by atoms with Gasteiger partial charge in [0.15, 0.2) is 0 Å². The number of fused-ring (bicyclic) bond motifs is 7. The second kappa shape index (κ2) is 7.81. The molecule has 1 amide bonds. The summed E-state index contributed by atoms with van der Waals surface area (Å²) in [6.07, 6.45) is 4.02. The smallest absolute Gasteiger partial charge is 0.251 e. The molecule has 3 nitrogen and oxygen atoms in total. The number of anilines is 1. The SMILES string of the molecule is Cc1ccccc1CNC(=O)c1ccc2c(c1)[C@@H]1[C@H]3CC[C@@H](C3)[C@@H]1[C@@H](c1ccccc1)N2. The number of aryl methyl sites for hydroxylation is 1. The zero-order valence-electron chi connectivity index (χ0n) is 18.6. The molecule has 0 unspecified atom stereocenters. The van der Waals surface area contributed by atoms with Crippen molar-refractivity contribution in [3.63, 3.8) is 0 Å². The topological polar surface area (TPSA) is 41.1 Å². The van der Waals surface area contributed by atoms with Gasteiger partial charge < -0.3 is 10.6 Å². The molecule has 3 heteroatoms. The summed E-state index contributed by atoms with van der Waals surface area (Å²) in [5.74, 6) is 2.73. The average molecular weight is 423 g/mol. The zero-order valence-corrected chi connectivity index (χ0v) is 18.6. The van der Waals surface area contributed by atoms with E-state index in [-0.39, 0.29) is 5.91 Å². The Hall–Kier alpha value is -3.07. The normalized spacial score (nSPS) is 27.3. The molecule has 1 aliphatic heterocycles. The van der Waals surface area contributed by atoms with Crippen LogP contribution in [-0.2, 0) is 6.54 Å². The molecule has 2 aliphatic carbocycles. The molecule has 2 N–H and O–H groups in total. The van der Waals surface area contributed by atoms with Gasteiger partial charge in [-0.05, 0) is 90.3 Å². The van der Waals surface area contributed by atoms with Crippen molar-refractivity contribution in [2.24, 2.45) is 17.8 Å². The zero-order chi connectivity index (χ0) is 21.7. The van der Waals surface area contributed by atoms with Crippen LogP contribution in [0.5, 0.6) is 0 Å². The van der Waals surface area contributed by atoms with Crippen LogP contribution in [0.2, 0.25) is 0 Å². The number of carbonyl (C=O) groups is 1. The van der Waals surface area contributed by atoms with Gasteiger partial charge in [0.05, 0.1) is 6.04 Å². The van der Waals surface area contributed by atoms with E-state index in [2.05, 4.69) is 72.2 Å². The molecular weight excluding hydrogens is 392 g/mol. The van der Waals surface area contributed by atoms with E-state index in [1.165, 1.54) is 47.2 Å². The van der Waals surface area contributed by atoms with Gasteiger partial charge in [0.1, 0.15) is 0 Å². The van der Waals surface area contributed by atoms with Crippen molar-refractivity contribution in [3.8, 4) is 0 Å². The van der Waals surface area contributed by atoms with E-state index in [0.717, 1.165) is 17.4 Å². The van der Waals surface area contributed by atoms with Crippen LogP contribution in [-0.4, -0.2) is 5.91 Å². The first-order valence-corrected chi connectivity index (χ1v) is 12.0. The Balaban J connectivity index is 1.30. The largest absolute Gasteiger partial charge is 0.378 e. The summed E-state index contributed by atoms with van der Waals surface area (Å²) in [6, 6.07) is 25.8. The van der Waals surface area contributed by atoms with Gasteiger partial charge in [-0.15, -0.1) is 0 Å². The number of nitrogens with one attached hydrogen (secondary N) is 2. The highest BCUT2D eigenvalue weighted by molar-refractivity contribution is 5.95. The lowest BCUT2D eigenvalue weighted by Gasteiger charge is -2.43. The molecule has 0 aromatic heterocycles. The molecule has 0 spiro atoms. The Morgan fingerprint density at radius 3 is 2.59 bits per heavy atom. The van der Waals surface area contributed by atoms with Crippen LogP contribution in [0.4, 0.5) is 5.69 Å². The minimum atomic E-state index is 0.0148. The lowest BCUT2D eigenvalue weighted by Crippen LogP contribution is -2.35. The molecule has 2 bridgehead atoms. The van der Waals surface area contributed by atoms with E-state index >= 15 is 0 Å². The van der Waals surface area contributed by atoms with Crippen molar-refractivity contribution in [2.75, 3.05) is 5.32 Å². The lowest BCUT2D eigenvalue weighted by molar-refractivity contribution is 0.0950. The van der Waals surface area contributed by atoms with Gasteiger partial charge in [0, 0.05) is 17.8 Å². The number of benzene rings is 3. The summed E-state index contributed by atoms with van der Waals surface area (Å²) in [7, 11) is 0. The molecule has 0 radical (unpaired) electrons. The van der Waals surface area contributed by atoms with Gasteiger partial charge >= 0.3 is 0 Å². The average Bonchev–Trinajstić information content (AvgIpc) is 3.46. The van der Waals surface area contributed by atoms with Crippen LogP contribution in [0.15, 0.2) is 72.8 Å². The molecule has 2 fully saturated rings. The van der Waals surface area contributed by atoms with Crippen LogP contribution in [0.25, 0.3) is 0 Å². The Bertz CT molecular complexity index is 1150. The molecular formula is C29H30N2O. The Morgan fingerprint density at radius 2 is 1.75 bits per heavy atom. The first-order chi connectivity index (χ1) is 15.7. The molecule has 3 aromatic rings. The molecule has 32 heavy (non-hydrogen) atoms. The predicted octanol–water partition coefficient (Wildman–Crippen LogP) is 6.22. The van der Waals surface area contributed by atoms with E-state index in [1.807, 2.05) is 18.2 Å². The number of hydrogen-bond donors (Lipinski definition) is 2.